The van der Waals surface area contributed by atoms with Crippen molar-refractivity contribution in [2.24, 2.45) is 43.4 Å². The molecule has 64 heavy (non-hydrogen) atoms. The molecule has 6 rings (SSSR count). The maximum atomic E-state index is 8.85. The molecule has 332 valence electrons. The number of ether oxygens (including phenoxy) is 4. The molecular weight excluding hydrogens is 817 g/mol. The highest BCUT2D eigenvalue weighted by Crippen LogP contribution is 2.21. The van der Waals surface area contributed by atoms with E-state index in [1.807, 2.05) is 56.3 Å². The molecule has 6 aromatic rings. The van der Waals surface area contributed by atoms with Crippen LogP contribution >= 0.6 is 0 Å². The van der Waals surface area contributed by atoms with Gasteiger partial charge in [-0.25, -0.2) is 4.99 Å². The first-order valence-corrected chi connectivity index (χ1v) is 19.8. The number of rotatable bonds is 18. The second-order valence-corrected chi connectivity index (χ2v) is 14.2. The van der Waals surface area contributed by atoms with Crippen molar-refractivity contribution >= 4 is 23.3 Å². The number of aliphatic hydroxyl groups excluding tert-OH is 1. The highest BCUT2D eigenvalue weighted by molar-refractivity contribution is 5.98. The zero-order valence-electron chi connectivity index (χ0n) is 35.7. The van der Waals surface area contributed by atoms with Crippen LogP contribution in [0.1, 0.15) is 55.6 Å². The number of aliphatic hydroxyl groups is 1. The van der Waals surface area contributed by atoms with Crippen molar-refractivity contribution < 1.29 is 39.3 Å². The number of hydrogen-bond donors (Lipinski definition) is 7. The minimum Gasteiger partial charge on any atom is -0.489 e. The van der Waals surface area contributed by atoms with Crippen LogP contribution in [0, 0.1) is 13.8 Å². The number of nitrogens with zero attached hydrogens (tertiary/aromatic N) is 4. The van der Waals surface area contributed by atoms with E-state index in [4.69, 9.17) is 62.2 Å². The van der Waals surface area contributed by atoms with Gasteiger partial charge in [-0.3, -0.25) is 0 Å². The van der Waals surface area contributed by atoms with E-state index in [9.17, 15) is 0 Å². The van der Waals surface area contributed by atoms with Crippen molar-refractivity contribution in [1.82, 2.24) is 0 Å². The number of aliphatic imine (C=N–C) groups is 1. The Hall–Kier alpha value is -8.24. The summed E-state index contributed by atoms with van der Waals surface area (Å²) in [5.41, 5.74) is 31.8. The molecule has 0 aromatic heterocycles. The molecule has 0 radical (unpaired) electrons. The van der Waals surface area contributed by atoms with Crippen LogP contribution in [0.3, 0.4) is 0 Å². The Morgan fingerprint density at radius 2 is 0.719 bits per heavy atom. The SMILES string of the molecule is CO/N=C(\N)c1ccc(OCc2cc(C)cc(COc3ccc(C(N)=NCO)cc3)c2)cc1.Cc1cc(COc2ccc(/C(N)=N/O)cc2)cc(COc2ccc(/C(N)=N/O)cc2)c1. The Morgan fingerprint density at radius 3 is 0.984 bits per heavy atom. The number of aryl methyl sites for hydroxylation is 2. The third-order valence-electron chi connectivity index (χ3n) is 9.26. The van der Waals surface area contributed by atoms with Gasteiger partial charge < -0.3 is 62.2 Å². The Kier molecular flexibility index (Phi) is 17.3. The predicted octanol–water partition coefficient (Wildman–Crippen LogP) is 6.42. The number of hydrogen-bond acceptors (Lipinski definition) is 12. The summed E-state index contributed by atoms with van der Waals surface area (Å²) in [5, 5.41) is 36.0. The standard InChI is InChI=1S/C25H28N4O4.C23H24N4O4/c1-17-11-18(14-32-22-7-3-20(4-8-22)24(26)28-16-30)13-19(12-17)15-33-23-9-5-21(6-10-23)25(27)29-31-2;1-15-10-16(13-30-20-6-2-18(3-7-20)22(24)26-28)12-17(11-15)14-31-21-8-4-19(5-9-21)23(25)27-29/h3-13,30H,14-16H2,1-2H3,(H2,26,28)(H2,27,29);2-12,28-29H,13-14H2,1H3,(H2,24,26)(H2,25,27). The topological polar surface area (TPSA) is 260 Å². The molecule has 0 bridgehead atoms. The van der Waals surface area contributed by atoms with Crippen LogP contribution in [0.2, 0.25) is 0 Å². The molecule has 0 saturated heterocycles. The molecule has 0 spiro atoms. The molecule has 0 aliphatic heterocycles. The van der Waals surface area contributed by atoms with Gasteiger partial charge in [0.15, 0.2) is 17.5 Å². The first-order valence-electron chi connectivity index (χ1n) is 19.8. The van der Waals surface area contributed by atoms with E-state index in [-0.39, 0.29) is 24.2 Å². The normalized spacial score (nSPS) is 11.9. The van der Waals surface area contributed by atoms with Crippen LogP contribution in [0.5, 0.6) is 23.0 Å². The van der Waals surface area contributed by atoms with Gasteiger partial charge in [0.05, 0.1) is 0 Å². The third-order valence-corrected chi connectivity index (χ3v) is 9.26. The number of amidine groups is 4. The molecule has 11 N–H and O–H groups in total. The summed E-state index contributed by atoms with van der Waals surface area (Å²) in [7, 11) is 1.45. The summed E-state index contributed by atoms with van der Waals surface area (Å²) in [6.07, 6.45) is 0. The highest BCUT2D eigenvalue weighted by Gasteiger charge is 2.07. The smallest absolute Gasteiger partial charge is 0.170 e. The maximum Gasteiger partial charge on any atom is 0.170 e. The molecule has 0 aliphatic rings. The van der Waals surface area contributed by atoms with Gasteiger partial charge in [-0.2, -0.15) is 0 Å². The lowest BCUT2D eigenvalue weighted by molar-refractivity contribution is 0.213. The second kappa shape index (κ2) is 23.7. The van der Waals surface area contributed by atoms with Crippen LogP contribution in [-0.4, -0.2) is 52.7 Å². The number of oxime groups is 3. The monoisotopic (exact) mass is 868 g/mol. The average molecular weight is 869 g/mol. The lowest BCUT2D eigenvalue weighted by atomic mass is 10.1. The van der Waals surface area contributed by atoms with Crippen molar-refractivity contribution in [3.05, 3.63) is 189 Å². The molecule has 16 nitrogen and oxygen atoms in total. The van der Waals surface area contributed by atoms with Gasteiger partial charge in [-0.15, -0.1) is 0 Å². The fourth-order valence-corrected chi connectivity index (χ4v) is 6.22. The average Bonchev–Trinajstić information content (AvgIpc) is 3.31. The number of nitrogens with two attached hydrogens (primary N) is 4. The summed E-state index contributed by atoms with van der Waals surface area (Å²) < 4.78 is 23.5. The summed E-state index contributed by atoms with van der Waals surface area (Å²) in [6.45, 7) is 5.35. The first-order chi connectivity index (χ1) is 31.0. The van der Waals surface area contributed by atoms with Crippen LogP contribution in [0.4, 0.5) is 0 Å². The molecule has 6 aromatic carbocycles. The van der Waals surface area contributed by atoms with Crippen molar-refractivity contribution in [2.75, 3.05) is 13.8 Å². The Bertz CT molecular complexity index is 2380. The molecular formula is C48H52N8O8. The third kappa shape index (κ3) is 14.5. The highest BCUT2D eigenvalue weighted by atomic mass is 16.6. The van der Waals surface area contributed by atoms with Crippen molar-refractivity contribution in [3.8, 4) is 23.0 Å². The molecule has 0 atom stereocenters. The molecule has 0 heterocycles. The molecule has 0 amide bonds. The lowest BCUT2D eigenvalue weighted by Gasteiger charge is -2.11. The Labute approximate surface area is 371 Å². The maximum absolute atomic E-state index is 8.85. The van der Waals surface area contributed by atoms with E-state index in [1.165, 1.54) is 7.11 Å². The van der Waals surface area contributed by atoms with Gasteiger partial charge in [0, 0.05) is 22.3 Å². The van der Waals surface area contributed by atoms with Crippen LogP contribution in [-0.2, 0) is 31.3 Å². The van der Waals surface area contributed by atoms with Crippen molar-refractivity contribution in [2.45, 2.75) is 40.3 Å². The summed E-state index contributed by atoms with van der Waals surface area (Å²) in [6, 6.07) is 40.9. The Morgan fingerprint density at radius 1 is 0.438 bits per heavy atom. The summed E-state index contributed by atoms with van der Waals surface area (Å²) in [4.78, 5) is 8.47. The molecule has 0 unspecified atom stereocenters. The van der Waals surface area contributed by atoms with E-state index in [0.717, 1.165) is 50.3 Å². The van der Waals surface area contributed by atoms with Crippen molar-refractivity contribution in [3.63, 3.8) is 0 Å². The van der Waals surface area contributed by atoms with Gasteiger partial charge in [0.2, 0.25) is 0 Å². The molecule has 0 fully saturated rings. The first kappa shape index (κ1) is 46.8. The molecule has 0 saturated carbocycles. The van der Waals surface area contributed by atoms with Crippen LogP contribution < -0.4 is 41.9 Å². The minimum absolute atomic E-state index is 0.0505. The van der Waals surface area contributed by atoms with E-state index < -0.39 is 0 Å². The second-order valence-electron chi connectivity index (χ2n) is 14.2. The van der Waals surface area contributed by atoms with Crippen LogP contribution in [0.25, 0.3) is 0 Å². The zero-order valence-corrected chi connectivity index (χ0v) is 35.7. The van der Waals surface area contributed by atoms with Gasteiger partial charge >= 0.3 is 0 Å². The van der Waals surface area contributed by atoms with Gasteiger partial charge in [0.25, 0.3) is 0 Å². The molecule has 16 heteroatoms. The van der Waals surface area contributed by atoms with E-state index in [1.54, 1.807) is 60.7 Å². The fraction of sp³-hybridized carbons (Fsp3) is 0.167. The van der Waals surface area contributed by atoms with Gasteiger partial charge in [0.1, 0.15) is 69.1 Å². The minimum atomic E-state index is -0.341. The van der Waals surface area contributed by atoms with Gasteiger partial charge in [-0.1, -0.05) is 50.9 Å². The van der Waals surface area contributed by atoms with Crippen LogP contribution in [0.15, 0.2) is 154 Å². The van der Waals surface area contributed by atoms with Crippen molar-refractivity contribution in [1.29, 1.82) is 0 Å². The van der Waals surface area contributed by atoms with E-state index in [2.05, 4.69) is 50.8 Å². The largest absolute Gasteiger partial charge is 0.489 e. The molecule has 0 aliphatic carbocycles. The summed E-state index contributed by atoms with van der Waals surface area (Å²) >= 11 is 0. The van der Waals surface area contributed by atoms with E-state index >= 15 is 0 Å². The quantitative estimate of drug-likeness (QED) is 0.0214. The summed E-state index contributed by atoms with van der Waals surface area (Å²) in [5.74, 6) is 3.50. The Balaban J connectivity index is 0.000000241. The lowest BCUT2D eigenvalue weighted by Crippen LogP contribution is -2.13. The predicted molar refractivity (Wildman–Crippen MR) is 246 cm³/mol. The number of benzene rings is 6. The van der Waals surface area contributed by atoms with Gasteiger partial charge in [-0.05, 0) is 145 Å². The zero-order chi connectivity index (χ0) is 45.8. The van der Waals surface area contributed by atoms with E-state index in [0.29, 0.717) is 60.6 Å². The fourth-order valence-electron chi connectivity index (χ4n) is 6.22.